The third-order valence-corrected chi connectivity index (χ3v) is 5.76. The van der Waals surface area contributed by atoms with Crippen LogP contribution in [0.25, 0.3) is 0 Å². The van der Waals surface area contributed by atoms with Gasteiger partial charge in [0.15, 0.2) is 12.6 Å². The molecule has 11 heteroatoms. The highest BCUT2D eigenvalue weighted by Gasteiger charge is 2.51. The van der Waals surface area contributed by atoms with Gasteiger partial charge in [-0.25, -0.2) is 0 Å². The van der Waals surface area contributed by atoms with Crippen LogP contribution in [0.15, 0.2) is 0 Å². The summed E-state index contributed by atoms with van der Waals surface area (Å²) in [4.78, 5) is 0. The zero-order valence-electron chi connectivity index (χ0n) is 19.1. The molecule has 2 heterocycles. The molecule has 2 aliphatic rings. The second-order valence-corrected chi connectivity index (χ2v) is 9.52. The van der Waals surface area contributed by atoms with E-state index in [4.69, 9.17) is 18.9 Å². The summed E-state index contributed by atoms with van der Waals surface area (Å²) in [6, 6.07) is 0. The number of aliphatic hydroxyl groups is 7. The van der Waals surface area contributed by atoms with Crippen LogP contribution in [0.2, 0.25) is 0 Å². The number of aliphatic hydroxyl groups excluding tert-OH is 7. The van der Waals surface area contributed by atoms with Gasteiger partial charge in [-0.2, -0.15) is 0 Å². The van der Waals surface area contributed by atoms with E-state index in [2.05, 4.69) is 0 Å². The summed E-state index contributed by atoms with van der Waals surface area (Å²) in [6.07, 6.45) is -13.3. The Morgan fingerprint density at radius 1 is 0.656 bits per heavy atom. The van der Waals surface area contributed by atoms with E-state index in [0.29, 0.717) is 11.8 Å². The van der Waals surface area contributed by atoms with E-state index >= 15 is 0 Å². The Morgan fingerprint density at radius 2 is 1.16 bits per heavy atom. The Bertz CT molecular complexity index is 534. The lowest BCUT2D eigenvalue weighted by Crippen LogP contribution is -2.65. The van der Waals surface area contributed by atoms with Crippen molar-refractivity contribution in [3.63, 3.8) is 0 Å². The van der Waals surface area contributed by atoms with Crippen molar-refractivity contribution in [1.29, 1.82) is 0 Å². The topological polar surface area (TPSA) is 179 Å². The Kier molecular flexibility index (Phi) is 10.7. The maximum absolute atomic E-state index is 10.7. The molecule has 0 spiro atoms. The smallest absolute Gasteiger partial charge is 0.187 e. The predicted molar refractivity (Wildman–Crippen MR) is 110 cm³/mol. The standard InChI is InChI=1S/C21H40O11/c1-9(2)5-11(6-10(3)4)29-20-18(28)16(26)19(13(8-23)31-20)32-21-17(27)15(25)14(24)12(7-22)30-21/h9-28H,5-8H2,1-4H3/t12?,13?,14-,15+,16?,17?,18+,19-,20-,21-/m1/s1. The van der Waals surface area contributed by atoms with Crippen LogP contribution in [0, 0.1) is 11.8 Å². The molecule has 0 aliphatic carbocycles. The summed E-state index contributed by atoms with van der Waals surface area (Å²) >= 11 is 0. The second-order valence-electron chi connectivity index (χ2n) is 9.52. The monoisotopic (exact) mass is 468 g/mol. The minimum absolute atomic E-state index is 0.232. The lowest BCUT2D eigenvalue weighted by atomic mass is 9.96. The fraction of sp³-hybridized carbons (Fsp3) is 1.00. The van der Waals surface area contributed by atoms with Gasteiger partial charge in [-0.05, 0) is 24.7 Å². The average molecular weight is 469 g/mol. The highest BCUT2D eigenvalue weighted by Crippen LogP contribution is 2.31. The Labute approximate surface area is 188 Å². The van der Waals surface area contributed by atoms with Crippen molar-refractivity contribution in [3.05, 3.63) is 0 Å². The molecule has 2 saturated heterocycles. The molecule has 4 unspecified atom stereocenters. The fourth-order valence-electron chi connectivity index (χ4n) is 4.12. The number of hydrogen-bond donors (Lipinski definition) is 7. The van der Waals surface area contributed by atoms with Gasteiger partial charge in [0.1, 0.15) is 48.8 Å². The Morgan fingerprint density at radius 3 is 1.66 bits per heavy atom. The zero-order valence-corrected chi connectivity index (χ0v) is 19.1. The van der Waals surface area contributed by atoms with Gasteiger partial charge < -0.3 is 54.7 Å². The zero-order chi connectivity index (χ0) is 24.2. The summed E-state index contributed by atoms with van der Waals surface area (Å²) in [7, 11) is 0. The van der Waals surface area contributed by atoms with Crippen LogP contribution in [0.1, 0.15) is 40.5 Å². The normalized spacial score (nSPS) is 41.1. The molecule has 0 aromatic rings. The molecule has 32 heavy (non-hydrogen) atoms. The van der Waals surface area contributed by atoms with Crippen LogP contribution in [-0.2, 0) is 18.9 Å². The predicted octanol–water partition coefficient (Wildman–Crippen LogP) is -1.91. The second kappa shape index (κ2) is 12.3. The van der Waals surface area contributed by atoms with Gasteiger partial charge in [0.05, 0.1) is 19.3 Å². The lowest BCUT2D eigenvalue weighted by Gasteiger charge is -2.46. The minimum atomic E-state index is -1.70. The molecule has 0 radical (unpaired) electrons. The summed E-state index contributed by atoms with van der Waals surface area (Å²) in [5.41, 5.74) is 0. The molecule has 190 valence electrons. The van der Waals surface area contributed by atoms with Gasteiger partial charge in [-0.3, -0.25) is 0 Å². The summed E-state index contributed by atoms with van der Waals surface area (Å²) in [5, 5.41) is 70.5. The van der Waals surface area contributed by atoms with E-state index in [1.165, 1.54) is 0 Å². The van der Waals surface area contributed by atoms with Crippen molar-refractivity contribution < 1.29 is 54.7 Å². The first-order valence-electron chi connectivity index (χ1n) is 11.2. The van der Waals surface area contributed by atoms with Gasteiger partial charge in [0.2, 0.25) is 0 Å². The van der Waals surface area contributed by atoms with Crippen molar-refractivity contribution >= 4 is 0 Å². The fourth-order valence-corrected chi connectivity index (χ4v) is 4.12. The molecule has 10 atom stereocenters. The summed E-state index contributed by atoms with van der Waals surface area (Å²) in [6.45, 7) is 6.94. The van der Waals surface area contributed by atoms with Crippen LogP contribution in [0.5, 0.6) is 0 Å². The van der Waals surface area contributed by atoms with E-state index in [0.717, 1.165) is 12.8 Å². The van der Waals surface area contributed by atoms with Crippen molar-refractivity contribution in [2.45, 2.75) is 108 Å². The highest BCUT2D eigenvalue weighted by atomic mass is 16.7. The number of rotatable bonds is 10. The molecule has 0 aromatic heterocycles. The number of ether oxygens (including phenoxy) is 4. The Balaban J connectivity index is 2.11. The van der Waals surface area contributed by atoms with Crippen LogP contribution in [-0.4, -0.2) is 116 Å². The number of hydrogen-bond acceptors (Lipinski definition) is 11. The molecule has 0 amide bonds. The molecule has 2 aliphatic heterocycles. The third kappa shape index (κ3) is 6.80. The van der Waals surface area contributed by atoms with Gasteiger partial charge in [-0.15, -0.1) is 0 Å². The van der Waals surface area contributed by atoms with Crippen molar-refractivity contribution in [2.24, 2.45) is 11.8 Å². The van der Waals surface area contributed by atoms with Crippen LogP contribution >= 0.6 is 0 Å². The molecule has 2 fully saturated rings. The molecule has 2 rings (SSSR count). The van der Waals surface area contributed by atoms with Gasteiger partial charge in [-0.1, -0.05) is 27.7 Å². The van der Waals surface area contributed by atoms with Crippen molar-refractivity contribution in [3.8, 4) is 0 Å². The SMILES string of the molecule is CC(C)CC(CC(C)C)O[C@@H]1OC(CO)[C@@H](O[C@H]2OC(CO)[C@@H](O)[C@H](O)C2O)C(O)[C@@H]1O. The van der Waals surface area contributed by atoms with E-state index in [-0.39, 0.29) is 6.10 Å². The van der Waals surface area contributed by atoms with E-state index in [1.54, 1.807) is 0 Å². The first-order chi connectivity index (χ1) is 15.0. The third-order valence-electron chi connectivity index (χ3n) is 5.76. The van der Waals surface area contributed by atoms with Gasteiger partial charge in [0.25, 0.3) is 0 Å². The first-order valence-corrected chi connectivity index (χ1v) is 11.2. The maximum Gasteiger partial charge on any atom is 0.187 e. The summed E-state index contributed by atoms with van der Waals surface area (Å²) in [5.74, 6) is 0.667. The first kappa shape index (κ1) is 27.8. The van der Waals surface area contributed by atoms with Crippen LogP contribution in [0.3, 0.4) is 0 Å². The molecular weight excluding hydrogens is 428 g/mol. The lowest BCUT2D eigenvalue weighted by molar-refractivity contribution is -0.363. The minimum Gasteiger partial charge on any atom is -0.394 e. The molecule has 7 N–H and O–H groups in total. The van der Waals surface area contributed by atoms with Crippen LogP contribution in [0.4, 0.5) is 0 Å². The van der Waals surface area contributed by atoms with E-state index in [9.17, 15) is 35.7 Å². The largest absolute Gasteiger partial charge is 0.394 e. The van der Waals surface area contributed by atoms with E-state index < -0.39 is 74.6 Å². The van der Waals surface area contributed by atoms with E-state index in [1.807, 2.05) is 27.7 Å². The quantitative estimate of drug-likeness (QED) is 0.190. The van der Waals surface area contributed by atoms with Crippen molar-refractivity contribution in [1.82, 2.24) is 0 Å². The summed E-state index contributed by atoms with van der Waals surface area (Å²) < 4.78 is 22.5. The molecular formula is C21H40O11. The van der Waals surface area contributed by atoms with Gasteiger partial charge >= 0.3 is 0 Å². The van der Waals surface area contributed by atoms with Gasteiger partial charge in [0, 0.05) is 0 Å². The van der Waals surface area contributed by atoms with Crippen LogP contribution < -0.4 is 0 Å². The van der Waals surface area contributed by atoms with Crippen molar-refractivity contribution in [2.75, 3.05) is 13.2 Å². The molecule has 0 bridgehead atoms. The maximum atomic E-state index is 10.7. The Hall–Kier alpha value is -0.440. The average Bonchev–Trinajstić information content (AvgIpc) is 2.72. The molecule has 0 saturated carbocycles. The molecule has 0 aromatic carbocycles. The molecule has 11 nitrogen and oxygen atoms in total. The highest BCUT2D eigenvalue weighted by molar-refractivity contribution is 4.94.